The van der Waals surface area contributed by atoms with Crippen LogP contribution >= 0.6 is 15.9 Å². The van der Waals surface area contributed by atoms with Crippen LogP contribution in [0, 0.1) is 11.7 Å². The van der Waals surface area contributed by atoms with Crippen LogP contribution in [0.25, 0.3) is 0 Å². The zero-order chi connectivity index (χ0) is 15.1. The minimum Gasteiger partial charge on any atom is -0.396 e. The number of hydrogen-bond acceptors (Lipinski definition) is 2. The summed E-state index contributed by atoms with van der Waals surface area (Å²) in [4.78, 5) is 11.6. The molecule has 0 bridgehead atoms. The topological polar surface area (TPSA) is 61.4 Å². The number of nitrogens with one attached hydrogen (secondary N) is 2. The van der Waals surface area contributed by atoms with Gasteiger partial charge in [-0.25, -0.2) is 9.18 Å². The van der Waals surface area contributed by atoms with Crippen molar-refractivity contribution in [1.29, 1.82) is 0 Å². The van der Waals surface area contributed by atoms with Crippen molar-refractivity contribution in [1.82, 2.24) is 10.6 Å². The normalized spacial score (nSPS) is 13.7. The summed E-state index contributed by atoms with van der Waals surface area (Å²) in [5, 5.41) is 14.5. The van der Waals surface area contributed by atoms with Crippen molar-refractivity contribution < 1.29 is 14.3 Å². The van der Waals surface area contributed by atoms with Crippen LogP contribution in [-0.2, 0) is 6.42 Å². The molecule has 4 nitrogen and oxygen atoms in total. The summed E-state index contributed by atoms with van der Waals surface area (Å²) in [6, 6.07) is 4.42. The van der Waals surface area contributed by atoms with E-state index >= 15 is 0 Å². The van der Waals surface area contributed by atoms with Crippen LogP contribution in [-0.4, -0.2) is 30.3 Å². The summed E-state index contributed by atoms with van der Waals surface area (Å²) in [5.41, 5.74) is 0.940. The molecule has 0 radical (unpaired) electrons. The fourth-order valence-electron chi connectivity index (χ4n) is 1.57. The summed E-state index contributed by atoms with van der Waals surface area (Å²) in [6.07, 6.45) is 0.621. The van der Waals surface area contributed by atoms with Gasteiger partial charge in [0.25, 0.3) is 0 Å². The molecule has 2 amide bonds. The Balaban J connectivity index is 2.33. The number of aliphatic hydroxyl groups is 1. The fraction of sp³-hybridized carbons (Fsp3) is 0.500. The van der Waals surface area contributed by atoms with Crippen LogP contribution < -0.4 is 10.6 Å². The van der Waals surface area contributed by atoms with Crippen LogP contribution in [0.3, 0.4) is 0 Å². The molecule has 1 aromatic rings. The molecule has 1 rings (SSSR count). The first-order valence-corrected chi connectivity index (χ1v) is 7.32. The number of halogens is 2. The van der Waals surface area contributed by atoms with Crippen LogP contribution in [0.1, 0.15) is 19.4 Å². The molecule has 0 aliphatic carbocycles. The summed E-state index contributed by atoms with van der Waals surface area (Å²) in [7, 11) is 0. The summed E-state index contributed by atoms with van der Waals surface area (Å²) >= 11 is 3.13. The monoisotopic (exact) mass is 346 g/mol. The first-order chi connectivity index (χ1) is 9.43. The lowest BCUT2D eigenvalue weighted by atomic mass is 10.1. The molecule has 2 unspecified atom stereocenters. The largest absolute Gasteiger partial charge is 0.396 e. The quantitative estimate of drug-likeness (QED) is 0.740. The van der Waals surface area contributed by atoms with Crippen LogP contribution in [0.4, 0.5) is 9.18 Å². The zero-order valence-corrected chi connectivity index (χ0v) is 13.2. The number of benzene rings is 1. The molecule has 6 heteroatoms. The lowest BCUT2D eigenvalue weighted by Gasteiger charge is -2.19. The number of carbonyl (C=O) groups excluding carboxylic acids is 1. The van der Waals surface area contributed by atoms with Crippen molar-refractivity contribution in [3.05, 3.63) is 34.1 Å². The Labute approximate surface area is 126 Å². The Bertz CT molecular complexity index is 457. The van der Waals surface area contributed by atoms with Crippen molar-refractivity contribution in [3.63, 3.8) is 0 Å². The maximum Gasteiger partial charge on any atom is 0.315 e. The highest BCUT2D eigenvalue weighted by Gasteiger charge is 2.13. The van der Waals surface area contributed by atoms with E-state index in [0.29, 0.717) is 17.4 Å². The second-order valence-corrected chi connectivity index (χ2v) is 5.70. The molecule has 0 heterocycles. The van der Waals surface area contributed by atoms with E-state index in [1.165, 1.54) is 6.07 Å². The van der Waals surface area contributed by atoms with Crippen molar-refractivity contribution in [2.45, 2.75) is 26.3 Å². The molecule has 0 fully saturated rings. The predicted octanol–water partition coefficient (Wildman–Crippen LogP) is 2.45. The Morgan fingerprint density at radius 1 is 1.45 bits per heavy atom. The molecule has 112 valence electrons. The SMILES string of the molecule is CC(CO)C(C)NC(=O)NCCc1ccc(F)c(Br)c1. The van der Waals surface area contributed by atoms with Gasteiger partial charge in [0, 0.05) is 19.2 Å². The van der Waals surface area contributed by atoms with E-state index in [0.717, 1.165) is 5.56 Å². The minimum atomic E-state index is -0.300. The molecule has 2 atom stereocenters. The third kappa shape index (κ3) is 5.46. The minimum absolute atomic E-state index is 0.00815. The van der Waals surface area contributed by atoms with Gasteiger partial charge in [0.05, 0.1) is 4.47 Å². The molecule has 0 spiro atoms. The van der Waals surface area contributed by atoms with Crippen molar-refractivity contribution in [2.75, 3.05) is 13.2 Å². The van der Waals surface area contributed by atoms with E-state index in [2.05, 4.69) is 26.6 Å². The van der Waals surface area contributed by atoms with Gasteiger partial charge < -0.3 is 15.7 Å². The Morgan fingerprint density at radius 3 is 2.75 bits per heavy atom. The van der Waals surface area contributed by atoms with E-state index < -0.39 is 0 Å². The van der Waals surface area contributed by atoms with E-state index in [4.69, 9.17) is 5.11 Å². The van der Waals surface area contributed by atoms with E-state index in [-0.39, 0.29) is 30.4 Å². The fourth-order valence-corrected chi connectivity index (χ4v) is 2.00. The third-order valence-corrected chi connectivity index (χ3v) is 3.79. The van der Waals surface area contributed by atoms with E-state index in [1.807, 2.05) is 13.8 Å². The molecule has 0 saturated heterocycles. The van der Waals surface area contributed by atoms with Gasteiger partial charge in [-0.05, 0) is 52.9 Å². The van der Waals surface area contributed by atoms with Crippen molar-refractivity contribution >= 4 is 22.0 Å². The Kier molecular flexibility index (Phi) is 6.95. The van der Waals surface area contributed by atoms with E-state index in [9.17, 15) is 9.18 Å². The summed E-state index contributed by atoms with van der Waals surface area (Å²) < 4.78 is 13.5. The molecular formula is C14H20BrFN2O2. The third-order valence-electron chi connectivity index (χ3n) is 3.18. The van der Waals surface area contributed by atoms with Gasteiger partial charge in [0.2, 0.25) is 0 Å². The summed E-state index contributed by atoms with van der Waals surface area (Å²) in [5.74, 6) is -0.292. The number of rotatable bonds is 6. The van der Waals surface area contributed by atoms with Gasteiger partial charge in [-0.2, -0.15) is 0 Å². The van der Waals surface area contributed by atoms with Crippen LogP contribution in [0.15, 0.2) is 22.7 Å². The molecular weight excluding hydrogens is 327 g/mol. The van der Waals surface area contributed by atoms with Crippen LogP contribution in [0.5, 0.6) is 0 Å². The smallest absolute Gasteiger partial charge is 0.315 e. The second kappa shape index (κ2) is 8.21. The molecule has 0 saturated carbocycles. The first-order valence-electron chi connectivity index (χ1n) is 6.53. The average Bonchev–Trinajstić information content (AvgIpc) is 2.41. The van der Waals surface area contributed by atoms with Crippen LogP contribution in [0.2, 0.25) is 0 Å². The highest BCUT2D eigenvalue weighted by atomic mass is 79.9. The van der Waals surface area contributed by atoms with Gasteiger partial charge in [-0.15, -0.1) is 0 Å². The number of aliphatic hydroxyl groups excluding tert-OH is 1. The number of amides is 2. The lowest BCUT2D eigenvalue weighted by molar-refractivity contribution is 0.200. The zero-order valence-electron chi connectivity index (χ0n) is 11.6. The maximum atomic E-state index is 13.1. The number of carbonyl (C=O) groups is 1. The van der Waals surface area contributed by atoms with Crippen molar-refractivity contribution in [3.8, 4) is 0 Å². The second-order valence-electron chi connectivity index (χ2n) is 4.85. The van der Waals surface area contributed by atoms with Gasteiger partial charge in [0.1, 0.15) is 5.82 Å². The number of urea groups is 1. The van der Waals surface area contributed by atoms with Gasteiger partial charge in [-0.1, -0.05) is 13.0 Å². The standard InChI is InChI=1S/C14H20BrFN2O2/c1-9(8-19)10(2)18-14(20)17-6-5-11-3-4-13(16)12(15)7-11/h3-4,7,9-10,19H,5-6,8H2,1-2H3,(H2,17,18,20). The molecule has 0 aromatic heterocycles. The average molecular weight is 347 g/mol. The van der Waals surface area contributed by atoms with Gasteiger partial charge >= 0.3 is 6.03 Å². The Morgan fingerprint density at radius 2 is 2.15 bits per heavy atom. The Hall–Kier alpha value is -1.14. The predicted molar refractivity (Wildman–Crippen MR) is 80.1 cm³/mol. The highest BCUT2D eigenvalue weighted by Crippen LogP contribution is 2.16. The highest BCUT2D eigenvalue weighted by molar-refractivity contribution is 9.10. The number of hydrogen-bond donors (Lipinski definition) is 3. The molecule has 3 N–H and O–H groups in total. The maximum absolute atomic E-state index is 13.1. The first kappa shape index (κ1) is 16.9. The summed E-state index contributed by atoms with van der Waals surface area (Å²) in [6.45, 7) is 4.20. The molecule has 20 heavy (non-hydrogen) atoms. The van der Waals surface area contributed by atoms with E-state index in [1.54, 1.807) is 12.1 Å². The molecule has 0 aliphatic heterocycles. The molecule has 0 aliphatic rings. The lowest BCUT2D eigenvalue weighted by Crippen LogP contribution is -2.44. The molecule has 1 aromatic carbocycles. The van der Waals surface area contributed by atoms with Gasteiger partial charge in [-0.3, -0.25) is 0 Å². The van der Waals surface area contributed by atoms with Crippen molar-refractivity contribution in [2.24, 2.45) is 5.92 Å². The van der Waals surface area contributed by atoms with Gasteiger partial charge in [0.15, 0.2) is 0 Å².